The maximum atomic E-state index is 13.8. The summed E-state index contributed by atoms with van der Waals surface area (Å²) in [6.07, 6.45) is 0.780. The zero-order chi connectivity index (χ0) is 16.6. The van der Waals surface area contributed by atoms with Gasteiger partial charge in [-0.15, -0.1) is 0 Å². The van der Waals surface area contributed by atoms with E-state index in [9.17, 15) is 14.0 Å². The second-order valence-electron chi connectivity index (χ2n) is 5.31. The molecule has 0 aliphatic carbocycles. The smallest absolute Gasteiger partial charge is 0.260 e. The standard InChI is InChI=1S/C17H14ClFN2O2/c1-10(22)21-8-7-11-5-6-12(9-15(11)21)20-17(23)16-13(18)3-2-4-14(16)19/h2-6,9H,7-8H2,1H3,(H,20,23). The first-order valence-corrected chi connectivity index (χ1v) is 7.51. The van der Waals surface area contributed by atoms with Gasteiger partial charge in [-0.3, -0.25) is 9.59 Å². The van der Waals surface area contributed by atoms with Crippen LogP contribution < -0.4 is 10.2 Å². The Morgan fingerprint density at radius 1 is 1.26 bits per heavy atom. The van der Waals surface area contributed by atoms with E-state index in [-0.39, 0.29) is 16.5 Å². The Kier molecular flexibility index (Phi) is 4.05. The fourth-order valence-corrected chi connectivity index (χ4v) is 2.94. The summed E-state index contributed by atoms with van der Waals surface area (Å²) in [4.78, 5) is 25.5. The van der Waals surface area contributed by atoms with Gasteiger partial charge in [0.2, 0.25) is 5.91 Å². The molecule has 0 aromatic heterocycles. The molecule has 4 nitrogen and oxygen atoms in total. The summed E-state index contributed by atoms with van der Waals surface area (Å²) in [7, 11) is 0. The Morgan fingerprint density at radius 3 is 2.74 bits per heavy atom. The fourth-order valence-electron chi connectivity index (χ4n) is 2.69. The lowest BCUT2D eigenvalue weighted by Crippen LogP contribution is -2.25. The molecule has 23 heavy (non-hydrogen) atoms. The SMILES string of the molecule is CC(=O)N1CCc2ccc(NC(=O)c3c(F)cccc3Cl)cc21. The lowest BCUT2D eigenvalue weighted by atomic mass is 10.1. The molecule has 0 unspecified atom stereocenters. The Morgan fingerprint density at radius 2 is 2.04 bits per heavy atom. The minimum absolute atomic E-state index is 0.0500. The van der Waals surface area contributed by atoms with Crippen LogP contribution in [-0.2, 0) is 11.2 Å². The molecule has 0 fully saturated rings. The number of rotatable bonds is 2. The van der Waals surface area contributed by atoms with Crippen molar-refractivity contribution in [2.24, 2.45) is 0 Å². The number of hydrogen-bond donors (Lipinski definition) is 1. The molecular formula is C17H14ClFN2O2. The van der Waals surface area contributed by atoms with Crippen LogP contribution in [0.5, 0.6) is 0 Å². The highest BCUT2D eigenvalue weighted by molar-refractivity contribution is 6.34. The van der Waals surface area contributed by atoms with E-state index in [1.165, 1.54) is 25.1 Å². The number of anilines is 2. The molecule has 0 atom stereocenters. The second kappa shape index (κ2) is 6.01. The number of nitrogens with zero attached hydrogens (tertiary/aromatic N) is 1. The van der Waals surface area contributed by atoms with Gasteiger partial charge in [0.05, 0.1) is 10.6 Å². The van der Waals surface area contributed by atoms with Crippen molar-refractivity contribution in [3.05, 3.63) is 58.4 Å². The van der Waals surface area contributed by atoms with Gasteiger partial charge in [0.1, 0.15) is 5.82 Å². The monoisotopic (exact) mass is 332 g/mol. The zero-order valence-electron chi connectivity index (χ0n) is 12.4. The average Bonchev–Trinajstić information content (AvgIpc) is 2.90. The van der Waals surface area contributed by atoms with Crippen molar-refractivity contribution < 1.29 is 14.0 Å². The normalized spacial score (nSPS) is 12.9. The Hall–Kier alpha value is -2.40. The average molecular weight is 333 g/mol. The predicted octanol–water partition coefficient (Wildman–Crippen LogP) is 3.64. The third kappa shape index (κ3) is 2.92. The van der Waals surface area contributed by atoms with Gasteiger partial charge < -0.3 is 10.2 Å². The third-order valence-electron chi connectivity index (χ3n) is 3.81. The molecule has 0 radical (unpaired) electrons. The maximum absolute atomic E-state index is 13.8. The van der Waals surface area contributed by atoms with Crippen LogP contribution in [0, 0.1) is 5.82 Å². The number of hydrogen-bond acceptors (Lipinski definition) is 2. The summed E-state index contributed by atoms with van der Waals surface area (Å²) < 4.78 is 13.8. The highest BCUT2D eigenvalue weighted by atomic mass is 35.5. The topological polar surface area (TPSA) is 49.4 Å². The van der Waals surface area contributed by atoms with E-state index in [0.29, 0.717) is 12.2 Å². The van der Waals surface area contributed by atoms with E-state index < -0.39 is 11.7 Å². The number of amides is 2. The van der Waals surface area contributed by atoms with E-state index in [4.69, 9.17) is 11.6 Å². The summed E-state index contributed by atoms with van der Waals surface area (Å²) in [6, 6.07) is 9.39. The molecule has 1 aliphatic heterocycles. The summed E-state index contributed by atoms with van der Waals surface area (Å²) >= 11 is 5.90. The van der Waals surface area contributed by atoms with Crippen LogP contribution in [0.2, 0.25) is 5.02 Å². The fraction of sp³-hybridized carbons (Fsp3) is 0.176. The minimum Gasteiger partial charge on any atom is -0.322 e. The summed E-state index contributed by atoms with van der Waals surface area (Å²) in [6.45, 7) is 2.13. The lowest BCUT2D eigenvalue weighted by molar-refractivity contribution is -0.116. The van der Waals surface area contributed by atoms with Crippen LogP contribution in [0.3, 0.4) is 0 Å². The number of carbonyl (C=O) groups is 2. The van der Waals surface area contributed by atoms with E-state index >= 15 is 0 Å². The highest BCUT2D eigenvalue weighted by Gasteiger charge is 2.23. The molecule has 1 heterocycles. The van der Waals surface area contributed by atoms with Crippen molar-refractivity contribution in [1.82, 2.24) is 0 Å². The molecule has 3 rings (SSSR count). The number of benzene rings is 2. The molecule has 6 heteroatoms. The number of nitrogens with one attached hydrogen (secondary N) is 1. The quantitative estimate of drug-likeness (QED) is 0.912. The third-order valence-corrected chi connectivity index (χ3v) is 4.12. The minimum atomic E-state index is -0.679. The number of fused-ring (bicyclic) bond motifs is 1. The van der Waals surface area contributed by atoms with E-state index in [1.54, 1.807) is 17.0 Å². The molecule has 2 amide bonds. The summed E-state index contributed by atoms with van der Waals surface area (Å²) in [5, 5.41) is 2.68. The Balaban J connectivity index is 1.88. The van der Waals surface area contributed by atoms with Gasteiger partial charge in [-0.1, -0.05) is 23.7 Å². The van der Waals surface area contributed by atoms with Crippen LogP contribution in [0.1, 0.15) is 22.8 Å². The van der Waals surface area contributed by atoms with Gasteiger partial charge in [0, 0.05) is 24.8 Å². The number of halogens is 2. The Bertz CT molecular complexity index is 787. The first-order valence-electron chi connectivity index (χ1n) is 7.14. The largest absolute Gasteiger partial charge is 0.322 e. The predicted molar refractivity (Wildman–Crippen MR) is 87.5 cm³/mol. The van der Waals surface area contributed by atoms with E-state index in [2.05, 4.69) is 5.32 Å². The summed E-state index contributed by atoms with van der Waals surface area (Å²) in [5.41, 5.74) is 2.11. The molecule has 2 aromatic carbocycles. The molecular weight excluding hydrogens is 319 g/mol. The molecule has 0 bridgehead atoms. The van der Waals surface area contributed by atoms with Crippen molar-refractivity contribution in [3.63, 3.8) is 0 Å². The Labute approximate surface area is 137 Å². The second-order valence-corrected chi connectivity index (χ2v) is 5.72. The van der Waals surface area contributed by atoms with Crippen LogP contribution in [-0.4, -0.2) is 18.4 Å². The highest BCUT2D eigenvalue weighted by Crippen LogP contribution is 2.31. The molecule has 0 spiro atoms. The summed E-state index contributed by atoms with van der Waals surface area (Å²) in [5.74, 6) is -1.36. The van der Waals surface area contributed by atoms with Crippen LogP contribution >= 0.6 is 11.6 Å². The lowest BCUT2D eigenvalue weighted by Gasteiger charge is -2.16. The van der Waals surface area contributed by atoms with Crippen molar-refractivity contribution in [3.8, 4) is 0 Å². The van der Waals surface area contributed by atoms with Crippen LogP contribution in [0.4, 0.5) is 15.8 Å². The zero-order valence-corrected chi connectivity index (χ0v) is 13.2. The van der Waals surface area contributed by atoms with Gasteiger partial charge in [0.15, 0.2) is 0 Å². The van der Waals surface area contributed by atoms with Crippen molar-refractivity contribution in [1.29, 1.82) is 0 Å². The van der Waals surface area contributed by atoms with Crippen LogP contribution in [0.15, 0.2) is 36.4 Å². The van der Waals surface area contributed by atoms with Gasteiger partial charge in [-0.05, 0) is 36.2 Å². The van der Waals surface area contributed by atoms with Crippen molar-refractivity contribution in [2.75, 3.05) is 16.8 Å². The van der Waals surface area contributed by atoms with Crippen LogP contribution in [0.25, 0.3) is 0 Å². The molecule has 1 aliphatic rings. The van der Waals surface area contributed by atoms with E-state index in [0.717, 1.165) is 17.7 Å². The maximum Gasteiger partial charge on any atom is 0.260 e. The van der Waals surface area contributed by atoms with E-state index in [1.807, 2.05) is 6.07 Å². The van der Waals surface area contributed by atoms with Gasteiger partial charge in [0.25, 0.3) is 5.91 Å². The molecule has 2 aromatic rings. The van der Waals surface area contributed by atoms with Gasteiger partial charge in [-0.25, -0.2) is 4.39 Å². The van der Waals surface area contributed by atoms with Crippen molar-refractivity contribution in [2.45, 2.75) is 13.3 Å². The van der Waals surface area contributed by atoms with Gasteiger partial charge in [-0.2, -0.15) is 0 Å². The molecule has 0 saturated carbocycles. The first kappa shape index (κ1) is 15.5. The molecule has 118 valence electrons. The van der Waals surface area contributed by atoms with Gasteiger partial charge >= 0.3 is 0 Å². The molecule has 1 N–H and O–H groups in total. The number of carbonyl (C=O) groups excluding carboxylic acids is 2. The first-order chi connectivity index (χ1) is 11.0. The van der Waals surface area contributed by atoms with Crippen molar-refractivity contribution >= 4 is 34.8 Å². The molecule has 0 saturated heterocycles.